The number of benzene rings is 2. The summed E-state index contributed by atoms with van der Waals surface area (Å²) < 4.78 is 5.15. The quantitative estimate of drug-likeness (QED) is 0.563. The molecule has 0 radical (unpaired) electrons. The molecule has 5 heteroatoms. The van der Waals surface area contributed by atoms with Crippen LogP contribution >= 0.6 is 0 Å². The number of nitrogens with one attached hydrogen (secondary N) is 2. The van der Waals surface area contributed by atoms with Crippen molar-refractivity contribution in [1.82, 2.24) is 5.32 Å². The molecule has 0 saturated heterocycles. The standard InChI is InChI=1S/C20H24N2O3/c1-2-3-15-25-19(23)17-9-11-18(12-10-17)22-20(24)21-14-13-16-7-5-4-6-8-16/h4-12H,2-3,13-15H2,1H3,(H2,21,22,24). The Morgan fingerprint density at radius 2 is 1.72 bits per heavy atom. The number of amides is 2. The summed E-state index contributed by atoms with van der Waals surface area (Å²) in [5.74, 6) is -0.340. The second-order valence-corrected chi connectivity index (χ2v) is 5.68. The minimum atomic E-state index is -0.340. The van der Waals surface area contributed by atoms with Crippen molar-refractivity contribution >= 4 is 17.7 Å². The van der Waals surface area contributed by atoms with Crippen molar-refractivity contribution in [3.63, 3.8) is 0 Å². The van der Waals surface area contributed by atoms with Crippen LogP contribution in [0, 0.1) is 0 Å². The number of rotatable bonds is 8. The highest BCUT2D eigenvalue weighted by Gasteiger charge is 2.07. The van der Waals surface area contributed by atoms with Crippen LogP contribution in [0.5, 0.6) is 0 Å². The van der Waals surface area contributed by atoms with Gasteiger partial charge in [0.1, 0.15) is 0 Å². The fourth-order valence-corrected chi connectivity index (χ4v) is 2.22. The van der Waals surface area contributed by atoms with Crippen LogP contribution < -0.4 is 10.6 Å². The van der Waals surface area contributed by atoms with Crippen molar-refractivity contribution in [1.29, 1.82) is 0 Å². The number of carbonyl (C=O) groups is 2. The maximum absolute atomic E-state index is 11.9. The van der Waals surface area contributed by atoms with Gasteiger partial charge >= 0.3 is 12.0 Å². The summed E-state index contributed by atoms with van der Waals surface area (Å²) in [6.07, 6.45) is 2.61. The Morgan fingerprint density at radius 3 is 2.40 bits per heavy atom. The molecule has 0 spiro atoms. The zero-order chi connectivity index (χ0) is 17.9. The fraction of sp³-hybridized carbons (Fsp3) is 0.300. The molecular weight excluding hydrogens is 316 g/mol. The molecule has 0 unspecified atom stereocenters. The van der Waals surface area contributed by atoms with E-state index in [-0.39, 0.29) is 12.0 Å². The summed E-state index contributed by atoms with van der Waals surface area (Å²) in [6.45, 7) is 3.02. The summed E-state index contributed by atoms with van der Waals surface area (Å²) in [5, 5.41) is 5.55. The molecule has 2 amide bonds. The van der Waals surface area contributed by atoms with E-state index in [0.29, 0.717) is 24.4 Å². The van der Waals surface area contributed by atoms with E-state index in [9.17, 15) is 9.59 Å². The highest BCUT2D eigenvalue weighted by molar-refractivity contribution is 5.92. The number of hydrogen-bond acceptors (Lipinski definition) is 3. The highest BCUT2D eigenvalue weighted by Crippen LogP contribution is 2.11. The van der Waals surface area contributed by atoms with E-state index in [2.05, 4.69) is 10.6 Å². The molecule has 0 bridgehead atoms. The van der Waals surface area contributed by atoms with E-state index in [0.717, 1.165) is 19.3 Å². The first kappa shape index (κ1) is 18.5. The lowest BCUT2D eigenvalue weighted by Crippen LogP contribution is -2.30. The molecule has 0 aliphatic heterocycles. The summed E-state index contributed by atoms with van der Waals surface area (Å²) in [4.78, 5) is 23.7. The average Bonchev–Trinajstić information content (AvgIpc) is 2.63. The van der Waals surface area contributed by atoms with Crippen molar-refractivity contribution in [3.8, 4) is 0 Å². The number of ether oxygens (including phenoxy) is 1. The van der Waals surface area contributed by atoms with Crippen LogP contribution in [0.1, 0.15) is 35.7 Å². The Hall–Kier alpha value is -2.82. The van der Waals surface area contributed by atoms with Gasteiger partial charge in [-0.3, -0.25) is 0 Å². The summed E-state index contributed by atoms with van der Waals surface area (Å²) in [6, 6.07) is 16.4. The largest absolute Gasteiger partial charge is 0.462 e. The van der Waals surface area contributed by atoms with E-state index in [1.165, 1.54) is 5.56 Å². The third-order valence-corrected chi connectivity index (χ3v) is 3.65. The Labute approximate surface area is 148 Å². The van der Waals surface area contributed by atoms with Crippen LogP contribution in [0.15, 0.2) is 54.6 Å². The fourth-order valence-electron chi connectivity index (χ4n) is 2.22. The third kappa shape index (κ3) is 6.67. The predicted molar refractivity (Wildman–Crippen MR) is 98.8 cm³/mol. The van der Waals surface area contributed by atoms with Gasteiger partial charge in [0.25, 0.3) is 0 Å². The average molecular weight is 340 g/mol. The van der Waals surface area contributed by atoms with Gasteiger partial charge in [0.05, 0.1) is 12.2 Å². The van der Waals surface area contributed by atoms with Crippen molar-refractivity contribution in [2.45, 2.75) is 26.2 Å². The number of urea groups is 1. The molecule has 0 aliphatic carbocycles. The van der Waals surface area contributed by atoms with E-state index < -0.39 is 0 Å². The number of hydrogen-bond donors (Lipinski definition) is 2. The third-order valence-electron chi connectivity index (χ3n) is 3.65. The molecule has 0 aromatic heterocycles. The smallest absolute Gasteiger partial charge is 0.338 e. The van der Waals surface area contributed by atoms with Crippen molar-refractivity contribution in [2.75, 3.05) is 18.5 Å². The molecule has 132 valence electrons. The van der Waals surface area contributed by atoms with Crippen molar-refractivity contribution < 1.29 is 14.3 Å². The Morgan fingerprint density at radius 1 is 1.00 bits per heavy atom. The summed E-state index contributed by atoms with van der Waals surface area (Å²) in [5.41, 5.74) is 2.28. The highest BCUT2D eigenvalue weighted by atomic mass is 16.5. The van der Waals surface area contributed by atoms with Gasteiger partial charge in [0, 0.05) is 12.2 Å². The van der Waals surface area contributed by atoms with Gasteiger partial charge < -0.3 is 15.4 Å². The molecule has 2 rings (SSSR count). The van der Waals surface area contributed by atoms with Gasteiger partial charge in [-0.15, -0.1) is 0 Å². The van der Waals surface area contributed by atoms with Crippen LogP contribution in [-0.2, 0) is 11.2 Å². The Balaban J connectivity index is 1.74. The monoisotopic (exact) mass is 340 g/mol. The van der Waals surface area contributed by atoms with Gasteiger partial charge in [-0.1, -0.05) is 43.7 Å². The topological polar surface area (TPSA) is 67.4 Å². The van der Waals surface area contributed by atoms with Gasteiger partial charge in [-0.05, 0) is 42.7 Å². The van der Waals surface area contributed by atoms with Crippen molar-refractivity contribution in [2.24, 2.45) is 0 Å². The molecule has 2 N–H and O–H groups in total. The molecule has 2 aromatic carbocycles. The van der Waals surface area contributed by atoms with E-state index in [1.54, 1.807) is 24.3 Å². The van der Waals surface area contributed by atoms with Gasteiger partial charge in [-0.2, -0.15) is 0 Å². The molecule has 0 saturated carbocycles. The zero-order valence-electron chi connectivity index (χ0n) is 14.5. The maximum Gasteiger partial charge on any atom is 0.338 e. The molecular formula is C20H24N2O3. The SMILES string of the molecule is CCCCOC(=O)c1ccc(NC(=O)NCCc2ccccc2)cc1. The van der Waals surface area contributed by atoms with Gasteiger partial charge in [0.2, 0.25) is 0 Å². The summed E-state index contributed by atoms with van der Waals surface area (Å²) in [7, 11) is 0. The van der Waals surface area contributed by atoms with Crippen LogP contribution in [0.2, 0.25) is 0 Å². The zero-order valence-corrected chi connectivity index (χ0v) is 14.5. The Kier molecular flexibility index (Phi) is 7.50. The van der Waals surface area contributed by atoms with Gasteiger partial charge in [0.15, 0.2) is 0 Å². The maximum atomic E-state index is 11.9. The lowest BCUT2D eigenvalue weighted by molar-refractivity contribution is 0.0500. The lowest BCUT2D eigenvalue weighted by Gasteiger charge is -2.08. The van der Waals surface area contributed by atoms with Crippen molar-refractivity contribution in [3.05, 3.63) is 65.7 Å². The van der Waals surface area contributed by atoms with Crippen LogP contribution in [0.25, 0.3) is 0 Å². The minimum absolute atomic E-state index is 0.269. The lowest BCUT2D eigenvalue weighted by atomic mass is 10.1. The number of esters is 1. The number of carbonyl (C=O) groups excluding carboxylic acids is 2. The normalized spacial score (nSPS) is 10.1. The molecule has 2 aromatic rings. The first-order valence-electron chi connectivity index (χ1n) is 8.55. The molecule has 0 atom stereocenters. The number of unbranched alkanes of at least 4 members (excludes halogenated alkanes) is 1. The summed E-state index contributed by atoms with van der Waals surface area (Å²) >= 11 is 0. The second-order valence-electron chi connectivity index (χ2n) is 5.68. The minimum Gasteiger partial charge on any atom is -0.462 e. The van der Waals surface area contributed by atoms with Crippen LogP contribution in [0.3, 0.4) is 0 Å². The second kappa shape index (κ2) is 10.1. The van der Waals surface area contributed by atoms with E-state index >= 15 is 0 Å². The van der Waals surface area contributed by atoms with Gasteiger partial charge in [-0.25, -0.2) is 9.59 Å². The van der Waals surface area contributed by atoms with E-state index in [1.807, 2.05) is 37.3 Å². The van der Waals surface area contributed by atoms with Crippen LogP contribution in [-0.4, -0.2) is 25.2 Å². The predicted octanol–water partition coefficient (Wildman–Crippen LogP) is 4.01. The molecule has 0 fully saturated rings. The van der Waals surface area contributed by atoms with E-state index in [4.69, 9.17) is 4.74 Å². The first-order valence-corrected chi connectivity index (χ1v) is 8.55. The van der Waals surface area contributed by atoms with Crippen LogP contribution in [0.4, 0.5) is 10.5 Å². The number of anilines is 1. The molecule has 0 aliphatic rings. The first-order chi connectivity index (χ1) is 12.2. The Bertz CT molecular complexity index is 669. The molecule has 5 nitrogen and oxygen atoms in total. The molecule has 25 heavy (non-hydrogen) atoms. The molecule has 0 heterocycles.